The molecule has 0 radical (unpaired) electrons. The van der Waals surface area contributed by atoms with Gasteiger partial charge in [0.15, 0.2) is 4.34 Å². The van der Waals surface area contributed by atoms with Crippen molar-refractivity contribution in [2.75, 3.05) is 5.75 Å². The molecule has 6 heteroatoms. The van der Waals surface area contributed by atoms with Gasteiger partial charge in [-0.25, -0.2) is 9.50 Å². The Bertz CT molecular complexity index is 641. The number of benzene rings is 1. The second kappa shape index (κ2) is 5.03. The number of nitrogens with zero attached hydrogens (tertiary/aromatic N) is 3. The summed E-state index contributed by atoms with van der Waals surface area (Å²) in [6.45, 7) is 2.13. The maximum atomic E-state index is 4.61. The average molecular weight is 340 g/mol. The van der Waals surface area contributed by atoms with Crippen molar-refractivity contribution >= 4 is 44.0 Å². The van der Waals surface area contributed by atoms with Gasteiger partial charge in [-0.1, -0.05) is 58.1 Å². The molecule has 0 spiro atoms. The van der Waals surface area contributed by atoms with Crippen LogP contribution in [0, 0.1) is 0 Å². The van der Waals surface area contributed by atoms with Gasteiger partial charge in [0, 0.05) is 10.0 Å². The lowest BCUT2D eigenvalue weighted by Crippen LogP contribution is -1.80. The van der Waals surface area contributed by atoms with Gasteiger partial charge in [-0.3, -0.25) is 0 Å². The van der Waals surface area contributed by atoms with Gasteiger partial charge < -0.3 is 0 Å². The van der Waals surface area contributed by atoms with Gasteiger partial charge in [0.25, 0.3) is 0 Å². The van der Waals surface area contributed by atoms with E-state index in [1.165, 1.54) is 0 Å². The Kier molecular flexibility index (Phi) is 3.41. The first-order valence-corrected chi connectivity index (χ1v) is 8.10. The molecule has 3 rings (SSSR count). The Morgan fingerprint density at radius 3 is 2.78 bits per heavy atom. The molecule has 0 aliphatic heterocycles. The van der Waals surface area contributed by atoms with Crippen LogP contribution in [0.2, 0.25) is 0 Å². The molecule has 1 aromatic carbocycles. The van der Waals surface area contributed by atoms with Crippen LogP contribution in [0.1, 0.15) is 6.92 Å². The largest absolute Gasteiger partial charge is 0.217 e. The number of fused-ring (bicyclic) bond motifs is 1. The van der Waals surface area contributed by atoms with E-state index in [4.69, 9.17) is 0 Å². The first-order chi connectivity index (χ1) is 8.76. The van der Waals surface area contributed by atoms with E-state index in [0.717, 1.165) is 30.8 Å². The van der Waals surface area contributed by atoms with E-state index in [2.05, 4.69) is 45.1 Å². The number of rotatable bonds is 3. The molecule has 0 aliphatic rings. The summed E-state index contributed by atoms with van der Waals surface area (Å²) in [4.78, 5) is 5.55. The molecule has 0 fully saturated rings. The van der Waals surface area contributed by atoms with Gasteiger partial charge in [0.1, 0.15) is 0 Å². The minimum absolute atomic E-state index is 0.948. The van der Waals surface area contributed by atoms with Crippen LogP contribution in [0.5, 0.6) is 0 Å². The molecule has 18 heavy (non-hydrogen) atoms. The highest BCUT2D eigenvalue weighted by Crippen LogP contribution is 2.27. The third-order valence-corrected chi connectivity index (χ3v) is 4.90. The van der Waals surface area contributed by atoms with Crippen molar-refractivity contribution < 1.29 is 0 Å². The molecular formula is C12H10BrN3S2. The maximum absolute atomic E-state index is 4.61. The summed E-state index contributed by atoms with van der Waals surface area (Å²) in [6, 6.07) is 8.15. The lowest BCUT2D eigenvalue weighted by atomic mass is 10.2. The molecular weight excluding hydrogens is 330 g/mol. The Hall–Kier alpha value is -0.850. The molecule has 0 saturated heterocycles. The zero-order chi connectivity index (χ0) is 12.5. The minimum Gasteiger partial charge on any atom is -0.217 e. The van der Waals surface area contributed by atoms with Crippen molar-refractivity contribution in [1.82, 2.24) is 14.6 Å². The summed E-state index contributed by atoms with van der Waals surface area (Å²) in [6.07, 6.45) is 1.98. The van der Waals surface area contributed by atoms with E-state index in [1.807, 2.05) is 22.8 Å². The second-order valence-electron chi connectivity index (χ2n) is 3.66. The van der Waals surface area contributed by atoms with Crippen LogP contribution >= 0.6 is 39.0 Å². The van der Waals surface area contributed by atoms with Crippen LogP contribution in [-0.4, -0.2) is 20.4 Å². The summed E-state index contributed by atoms with van der Waals surface area (Å²) in [7, 11) is 0. The van der Waals surface area contributed by atoms with Crippen molar-refractivity contribution in [1.29, 1.82) is 0 Å². The number of imidazole rings is 1. The molecule has 0 atom stereocenters. The molecule has 92 valence electrons. The normalized spacial score (nSPS) is 11.2. The van der Waals surface area contributed by atoms with Crippen molar-refractivity contribution in [3.63, 3.8) is 0 Å². The molecule has 0 saturated carbocycles. The van der Waals surface area contributed by atoms with E-state index in [9.17, 15) is 0 Å². The van der Waals surface area contributed by atoms with Gasteiger partial charge in [0.05, 0.1) is 11.9 Å². The number of halogens is 1. The average Bonchev–Trinajstić information content (AvgIpc) is 2.88. The molecule has 0 bridgehead atoms. The molecule has 3 aromatic rings. The molecule has 2 heterocycles. The number of aromatic nitrogens is 3. The lowest BCUT2D eigenvalue weighted by molar-refractivity contribution is 0.915. The van der Waals surface area contributed by atoms with Crippen LogP contribution in [0.3, 0.4) is 0 Å². The van der Waals surface area contributed by atoms with Gasteiger partial charge >= 0.3 is 0 Å². The predicted molar refractivity (Wildman–Crippen MR) is 80.4 cm³/mol. The molecule has 3 nitrogen and oxygen atoms in total. The zero-order valence-electron chi connectivity index (χ0n) is 9.63. The Morgan fingerprint density at radius 2 is 2.11 bits per heavy atom. The quantitative estimate of drug-likeness (QED) is 0.665. The monoisotopic (exact) mass is 339 g/mol. The number of hydrogen-bond acceptors (Lipinski definition) is 4. The van der Waals surface area contributed by atoms with Crippen molar-refractivity contribution in [2.24, 2.45) is 0 Å². The molecule has 0 amide bonds. The van der Waals surface area contributed by atoms with Gasteiger partial charge in [0.2, 0.25) is 4.96 Å². The molecule has 0 unspecified atom stereocenters. The van der Waals surface area contributed by atoms with Gasteiger partial charge in [-0.2, -0.15) is 0 Å². The smallest absolute Gasteiger partial charge is 0.213 e. The van der Waals surface area contributed by atoms with Crippen molar-refractivity contribution in [3.8, 4) is 11.3 Å². The van der Waals surface area contributed by atoms with Crippen LogP contribution in [-0.2, 0) is 0 Å². The number of thioether (sulfide) groups is 1. The van der Waals surface area contributed by atoms with E-state index in [0.29, 0.717) is 0 Å². The van der Waals surface area contributed by atoms with Crippen molar-refractivity contribution in [3.05, 3.63) is 34.9 Å². The van der Waals surface area contributed by atoms with E-state index < -0.39 is 0 Å². The lowest BCUT2D eigenvalue weighted by Gasteiger charge is -1.95. The first-order valence-electron chi connectivity index (χ1n) is 5.51. The summed E-state index contributed by atoms with van der Waals surface area (Å²) in [5.41, 5.74) is 2.08. The predicted octanol–water partition coefficient (Wildman–Crippen LogP) is 4.33. The standard InChI is InChI=1S/C12H10BrN3S2/c1-2-17-12-15-16-7-10(14-11(16)18-12)8-3-5-9(13)6-4-8/h3-7H,2H2,1H3. The summed E-state index contributed by atoms with van der Waals surface area (Å²) < 4.78 is 4.01. The van der Waals surface area contributed by atoms with Gasteiger partial charge in [-0.15, -0.1) is 5.10 Å². The summed E-state index contributed by atoms with van der Waals surface area (Å²) in [5, 5.41) is 4.49. The fraction of sp³-hybridized carbons (Fsp3) is 0.167. The first kappa shape index (κ1) is 12.2. The van der Waals surface area contributed by atoms with Crippen LogP contribution in [0.25, 0.3) is 16.2 Å². The third kappa shape index (κ3) is 2.32. The fourth-order valence-electron chi connectivity index (χ4n) is 1.62. The third-order valence-electron chi connectivity index (χ3n) is 2.43. The molecule has 0 aliphatic carbocycles. The fourth-order valence-corrected chi connectivity index (χ4v) is 3.71. The molecule has 0 N–H and O–H groups in total. The van der Waals surface area contributed by atoms with E-state index >= 15 is 0 Å². The highest BCUT2D eigenvalue weighted by molar-refractivity contribution is 9.10. The number of hydrogen-bond donors (Lipinski definition) is 0. The second-order valence-corrected chi connectivity index (χ2v) is 7.04. The Labute approximate surface area is 121 Å². The zero-order valence-corrected chi connectivity index (χ0v) is 12.8. The maximum Gasteiger partial charge on any atom is 0.213 e. The minimum atomic E-state index is 0.948. The van der Waals surface area contributed by atoms with Crippen molar-refractivity contribution in [2.45, 2.75) is 11.3 Å². The summed E-state index contributed by atoms with van der Waals surface area (Å²) in [5.74, 6) is 1.04. The highest BCUT2D eigenvalue weighted by Gasteiger charge is 2.09. The van der Waals surface area contributed by atoms with Gasteiger partial charge in [-0.05, 0) is 17.9 Å². The molecule has 2 aromatic heterocycles. The topological polar surface area (TPSA) is 30.2 Å². The van der Waals surface area contributed by atoms with E-state index in [1.54, 1.807) is 23.1 Å². The van der Waals surface area contributed by atoms with E-state index in [-0.39, 0.29) is 0 Å². The van der Waals surface area contributed by atoms with Crippen LogP contribution < -0.4 is 0 Å². The SMILES string of the molecule is CCSc1nn2cc(-c3ccc(Br)cc3)nc2s1. The van der Waals surface area contributed by atoms with Crippen LogP contribution in [0.4, 0.5) is 0 Å². The van der Waals surface area contributed by atoms with Crippen LogP contribution in [0.15, 0.2) is 39.3 Å². The highest BCUT2D eigenvalue weighted by atomic mass is 79.9. The summed E-state index contributed by atoms with van der Waals surface area (Å²) >= 11 is 6.82. The Balaban J connectivity index is 1.98. The Morgan fingerprint density at radius 1 is 1.33 bits per heavy atom.